The molecule has 3 aliphatic rings. The van der Waals surface area contributed by atoms with E-state index in [-0.39, 0.29) is 36.3 Å². The largest absolute Gasteiger partial charge is 0.510 e. The van der Waals surface area contributed by atoms with Crippen LogP contribution in [0, 0.1) is 11.8 Å². The normalized spacial score (nSPS) is 25.5. The van der Waals surface area contributed by atoms with Crippen molar-refractivity contribution in [2.75, 3.05) is 45.0 Å². The molecule has 0 saturated heterocycles. The highest BCUT2D eigenvalue weighted by molar-refractivity contribution is 6.25. The highest BCUT2D eigenvalue weighted by Gasteiger charge is 2.63. The van der Waals surface area contributed by atoms with Crippen LogP contribution in [0.3, 0.4) is 0 Å². The molecular weight excluding hydrogens is 536 g/mol. The van der Waals surface area contributed by atoms with E-state index in [2.05, 4.69) is 5.32 Å². The van der Waals surface area contributed by atoms with E-state index in [1.165, 1.54) is 11.0 Å². The summed E-state index contributed by atoms with van der Waals surface area (Å²) in [5.74, 6) is -7.43. The van der Waals surface area contributed by atoms with Gasteiger partial charge in [-0.2, -0.15) is 0 Å². The molecule has 2 amide bonds. The van der Waals surface area contributed by atoms with E-state index in [0.29, 0.717) is 17.7 Å². The predicted molar refractivity (Wildman–Crippen MR) is 148 cm³/mol. The number of benzene rings is 1. The molecule has 7 N–H and O–H groups in total. The molecule has 13 nitrogen and oxygen atoms in total. The van der Waals surface area contributed by atoms with Crippen molar-refractivity contribution in [2.45, 2.75) is 44.2 Å². The van der Waals surface area contributed by atoms with Crippen LogP contribution in [0.4, 0.5) is 16.2 Å². The minimum atomic E-state index is -2.73. The summed E-state index contributed by atoms with van der Waals surface area (Å²) in [7, 11) is 6.58. The predicted octanol–water partition coefficient (Wildman–Crippen LogP) is 1.54. The summed E-state index contributed by atoms with van der Waals surface area (Å²) in [5.41, 5.74) is 2.12. The van der Waals surface area contributed by atoms with Crippen molar-refractivity contribution in [3.8, 4) is 5.75 Å². The fourth-order valence-corrected chi connectivity index (χ4v) is 6.25. The SMILES string of the molecule is CCCCOC(=O)Nc1cc(N(C)C)c2c(c1O)C(=O)C1=C(O)[C@]3(O)C(=O)C(C(N)=O)=C(O)[C@@H](N(C)C)[C@@H]3C[C@H]1C2. The maximum atomic E-state index is 14.0. The number of rotatable bonds is 7. The molecule has 0 aromatic heterocycles. The molecule has 0 bridgehead atoms. The van der Waals surface area contributed by atoms with Crippen molar-refractivity contribution in [1.82, 2.24) is 4.90 Å². The summed E-state index contributed by atoms with van der Waals surface area (Å²) in [6, 6.07) is 0.434. The van der Waals surface area contributed by atoms with E-state index in [4.69, 9.17) is 10.5 Å². The number of anilines is 2. The molecule has 4 rings (SSSR count). The first kappa shape index (κ1) is 29.9. The summed E-state index contributed by atoms with van der Waals surface area (Å²) < 4.78 is 5.12. The number of nitrogens with zero attached hydrogens (tertiary/aromatic N) is 2. The number of aliphatic hydroxyl groups is 3. The molecule has 1 aromatic rings. The number of primary amides is 1. The number of carbonyl (C=O) groups is 4. The Morgan fingerprint density at radius 2 is 1.83 bits per heavy atom. The number of allylic oxidation sites excluding steroid dienone is 1. The van der Waals surface area contributed by atoms with Gasteiger partial charge in [0.25, 0.3) is 5.91 Å². The Morgan fingerprint density at radius 3 is 2.39 bits per heavy atom. The number of fused-ring (bicyclic) bond motifs is 3. The van der Waals surface area contributed by atoms with Crippen LogP contribution in [0.15, 0.2) is 28.7 Å². The van der Waals surface area contributed by atoms with Crippen molar-refractivity contribution in [3.63, 3.8) is 0 Å². The zero-order chi connectivity index (χ0) is 30.5. The van der Waals surface area contributed by atoms with Gasteiger partial charge in [0.1, 0.15) is 17.1 Å². The second kappa shape index (κ2) is 10.7. The second-order valence-corrected chi connectivity index (χ2v) is 11.1. The highest BCUT2D eigenvalue weighted by Crippen LogP contribution is 2.53. The Bertz CT molecular complexity index is 1400. The van der Waals surface area contributed by atoms with Gasteiger partial charge in [-0.15, -0.1) is 0 Å². The van der Waals surface area contributed by atoms with Crippen molar-refractivity contribution in [2.24, 2.45) is 17.6 Å². The number of Topliss-reactive ketones (excluding diaryl/α,β-unsaturated/α-hetero) is 2. The Balaban J connectivity index is 1.88. The monoisotopic (exact) mass is 572 g/mol. The first-order chi connectivity index (χ1) is 19.2. The average Bonchev–Trinajstić information content (AvgIpc) is 2.87. The van der Waals surface area contributed by atoms with Gasteiger partial charge < -0.3 is 35.8 Å². The first-order valence-corrected chi connectivity index (χ1v) is 13.3. The number of nitrogens with two attached hydrogens (primary N) is 1. The van der Waals surface area contributed by atoms with Crippen LogP contribution in [-0.4, -0.2) is 95.3 Å². The van der Waals surface area contributed by atoms with E-state index in [1.807, 2.05) is 6.92 Å². The van der Waals surface area contributed by atoms with Gasteiger partial charge in [-0.1, -0.05) is 13.3 Å². The fourth-order valence-electron chi connectivity index (χ4n) is 6.25. The van der Waals surface area contributed by atoms with Gasteiger partial charge >= 0.3 is 6.09 Å². The molecule has 0 aliphatic heterocycles. The Labute approximate surface area is 236 Å². The maximum Gasteiger partial charge on any atom is 0.411 e. The number of hydrogen-bond acceptors (Lipinski definition) is 11. The van der Waals surface area contributed by atoms with Gasteiger partial charge in [0.2, 0.25) is 5.78 Å². The summed E-state index contributed by atoms with van der Waals surface area (Å²) >= 11 is 0. The zero-order valence-corrected chi connectivity index (χ0v) is 23.6. The number of nitrogens with one attached hydrogen (secondary N) is 1. The second-order valence-electron chi connectivity index (χ2n) is 11.1. The zero-order valence-electron chi connectivity index (χ0n) is 23.6. The number of aromatic hydroxyl groups is 1. The van der Waals surface area contributed by atoms with E-state index in [1.54, 1.807) is 33.1 Å². The van der Waals surface area contributed by atoms with Gasteiger partial charge in [0.05, 0.1) is 23.9 Å². The quantitative estimate of drug-likeness (QED) is 0.157. The summed E-state index contributed by atoms with van der Waals surface area (Å²) in [4.78, 5) is 55.1. The molecule has 4 atom stereocenters. The lowest BCUT2D eigenvalue weighted by Crippen LogP contribution is -2.63. The van der Waals surface area contributed by atoms with Crippen molar-refractivity contribution >= 4 is 34.9 Å². The van der Waals surface area contributed by atoms with Gasteiger partial charge in [0, 0.05) is 31.3 Å². The molecule has 0 saturated carbocycles. The lowest BCUT2D eigenvalue weighted by molar-refractivity contribution is -0.148. The van der Waals surface area contributed by atoms with Crippen molar-refractivity contribution < 1.29 is 44.3 Å². The van der Waals surface area contributed by atoms with Crippen LogP contribution in [0.2, 0.25) is 0 Å². The summed E-state index contributed by atoms with van der Waals surface area (Å²) in [6.45, 7) is 2.09. The van der Waals surface area contributed by atoms with Crippen LogP contribution in [0.5, 0.6) is 5.75 Å². The van der Waals surface area contributed by atoms with E-state index >= 15 is 0 Å². The molecule has 0 radical (unpaired) electrons. The number of phenolic OH excluding ortho intramolecular Hbond substituents is 1. The minimum Gasteiger partial charge on any atom is -0.510 e. The topological polar surface area (TPSA) is 203 Å². The van der Waals surface area contributed by atoms with Crippen LogP contribution in [-0.2, 0) is 20.7 Å². The van der Waals surface area contributed by atoms with E-state index < -0.39 is 69.9 Å². The number of phenols is 1. The van der Waals surface area contributed by atoms with Crippen LogP contribution >= 0.6 is 0 Å². The third-order valence-corrected chi connectivity index (χ3v) is 8.15. The average molecular weight is 573 g/mol. The van der Waals surface area contributed by atoms with E-state index in [9.17, 15) is 39.6 Å². The van der Waals surface area contributed by atoms with Crippen LogP contribution in [0.25, 0.3) is 0 Å². The summed E-state index contributed by atoms with van der Waals surface area (Å²) in [6.07, 6.45) is 0.712. The smallest absolute Gasteiger partial charge is 0.411 e. The standard InChI is InChI=1S/C28H36N4O9/c1-6-7-8-41-27(39)30-15-11-16(31(2)3)13-9-12-10-14-20(32(4)5)23(35)19(26(29)38)25(37)28(14,40)24(36)17(12)22(34)18(13)21(15)33/h11-12,14,20,33,35-36,40H,6-10H2,1-5H3,(H2,29,38)(H,30,39)/t12-,14+,20+,28+/m1/s1. The number of unbranched alkanes of at least 4 members (excludes halogenated alkanes) is 1. The fraction of sp³-hybridized carbons (Fsp3) is 0.500. The molecule has 0 heterocycles. The number of likely N-dealkylation sites (N-methyl/N-ethyl adjacent to an activating group) is 1. The van der Waals surface area contributed by atoms with Crippen molar-refractivity contribution in [3.05, 3.63) is 39.9 Å². The number of aliphatic hydroxyl groups excluding tert-OH is 2. The first-order valence-electron chi connectivity index (χ1n) is 13.3. The Morgan fingerprint density at radius 1 is 1.17 bits per heavy atom. The Hall–Kier alpha value is -4.10. The van der Waals surface area contributed by atoms with Gasteiger partial charge in [-0.3, -0.25) is 24.6 Å². The lowest BCUT2D eigenvalue weighted by Gasteiger charge is -2.50. The van der Waals surface area contributed by atoms with Gasteiger partial charge in [-0.05, 0) is 50.9 Å². The number of hydrogen-bond donors (Lipinski definition) is 6. The molecule has 222 valence electrons. The lowest BCUT2D eigenvalue weighted by atomic mass is 9.58. The number of amides is 2. The maximum absolute atomic E-state index is 14.0. The van der Waals surface area contributed by atoms with Gasteiger partial charge in [0.15, 0.2) is 17.1 Å². The third kappa shape index (κ3) is 4.58. The number of ketones is 2. The molecular formula is C28H36N4O9. The third-order valence-electron chi connectivity index (χ3n) is 8.15. The van der Waals surface area contributed by atoms with Gasteiger partial charge in [-0.25, -0.2) is 4.79 Å². The Kier molecular flexibility index (Phi) is 7.80. The van der Waals surface area contributed by atoms with Crippen LogP contribution in [0.1, 0.15) is 42.1 Å². The highest BCUT2D eigenvalue weighted by atomic mass is 16.5. The molecule has 3 aliphatic carbocycles. The number of ether oxygens (including phenoxy) is 1. The molecule has 1 aromatic carbocycles. The molecule has 0 fully saturated rings. The molecule has 0 spiro atoms. The summed E-state index contributed by atoms with van der Waals surface area (Å²) in [5, 5.41) is 47.7. The van der Waals surface area contributed by atoms with E-state index in [0.717, 1.165) is 6.42 Å². The molecule has 0 unspecified atom stereocenters. The van der Waals surface area contributed by atoms with Crippen molar-refractivity contribution in [1.29, 1.82) is 0 Å². The van der Waals surface area contributed by atoms with Crippen LogP contribution < -0.4 is 16.0 Å². The minimum absolute atomic E-state index is 0.0247. The molecule has 13 heteroatoms. The number of carbonyl (C=O) groups excluding carboxylic acids is 4. The molecule has 41 heavy (non-hydrogen) atoms.